The standard InChI is InChI=1S/C10H22FO4P/c1-4-13-9-7-8-10(11)16(12,14-5-2)15-6-3/h10H,4-9H2,1-3H3. The highest BCUT2D eigenvalue weighted by Crippen LogP contribution is 2.55. The molecule has 0 rings (SSSR count). The topological polar surface area (TPSA) is 44.8 Å². The molecule has 0 aliphatic rings. The van der Waals surface area contributed by atoms with Crippen LogP contribution in [0.3, 0.4) is 0 Å². The normalized spacial score (nSPS) is 14.0. The van der Waals surface area contributed by atoms with Gasteiger partial charge in [-0.15, -0.1) is 0 Å². The van der Waals surface area contributed by atoms with Crippen LogP contribution in [-0.2, 0) is 18.3 Å². The minimum atomic E-state index is -3.58. The Morgan fingerprint density at radius 2 is 1.69 bits per heavy atom. The predicted octanol–water partition coefficient (Wildman–Crippen LogP) is 3.36. The van der Waals surface area contributed by atoms with E-state index in [1.807, 2.05) is 6.92 Å². The number of rotatable bonds is 10. The fourth-order valence-corrected chi connectivity index (χ4v) is 2.83. The van der Waals surface area contributed by atoms with Gasteiger partial charge in [-0.25, -0.2) is 4.39 Å². The maximum atomic E-state index is 13.7. The second kappa shape index (κ2) is 9.11. The van der Waals surface area contributed by atoms with Crippen LogP contribution in [0, 0.1) is 0 Å². The van der Waals surface area contributed by atoms with Gasteiger partial charge in [-0.2, -0.15) is 0 Å². The highest BCUT2D eigenvalue weighted by molar-refractivity contribution is 7.54. The summed E-state index contributed by atoms with van der Waals surface area (Å²) in [5.41, 5.74) is 0. The van der Waals surface area contributed by atoms with Gasteiger partial charge in [0.15, 0.2) is 0 Å². The Labute approximate surface area is 97.0 Å². The van der Waals surface area contributed by atoms with E-state index in [9.17, 15) is 8.96 Å². The zero-order valence-corrected chi connectivity index (χ0v) is 11.2. The minimum absolute atomic E-state index is 0.136. The lowest BCUT2D eigenvalue weighted by Gasteiger charge is -2.20. The van der Waals surface area contributed by atoms with E-state index in [0.717, 1.165) is 0 Å². The van der Waals surface area contributed by atoms with Gasteiger partial charge in [0, 0.05) is 13.2 Å². The first-order valence-electron chi connectivity index (χ1n) is 5.71. The molecule has 0 saturated heterocycles. The van der Waals surface area contributed by atoms with Crippen LogP contribution >= 0.6 is 7.60 Å². The molecule has 1 unspecified atom stereocenters. The average Bonchev–Trinajstić information content (AvgIpc) is 2.24. The molecule has 0 aliphatic heterocycles. The summed E-state index contributed by atoms with van der Waals surface area (Å²) in [4.78, 5) is 0. The molecule has 0 aromatic carbocycles. The second-order valence-electron chi connectivity index (χ2n) is 3.15. The third kappa shape index (κ3) is 5.94. The van der Waals surface area contributed by atoms with E-state index in [1.54, 1.807) is 13.8 Å². The molecule has 0 amide bonds. The van der Waals surface area contributed by atoms with Crippen molar-refractivity contribution in [2.45, 2.75) is 39.5 Å². The van der Waals surface area contributed by atoms with Crippen molar-refractivity contribution < 1.29 is 22.7 Å². The van der Waals surface area contributed by atoms with E-state index in [-0.39, 0.29) is 19.6 Å². The Morgan fingerprint density at radius 1 is 1.12 bits per heavy atom. The fourth-order valence-electron chi connectivity index (χ4n) is 1.22. The lowest BCUT2D eigenvalue weighted by atomic mass is 10.3. The van der Waals surface area contributed by atoms with E-state index in [0.29, 0.717) is 19.6 Å². The summed E-state index contributed by atoms with van der Waals surface area (Å²) in [6.07, 6.45) is 0.649. The molecule has 16 heavy (non-hydrogen) atoms. The first kappa shape index (κ1) is 16.0. The van der Waals surface area contributed by atoms with Gasteiger partial charge in [0.2, 0.25) is 5.91 Å². The lowest BCUT2D eigenvalue weighted by Crippen LogP contribution is -2.09. The van der Waals surface area contributed by atoms with Crippen molar-refractivity contribution in [2.24, 2.45) is 0 Å². The predicted molar refractivity (Wildman–Crippen MR) is 61.5 cm³/mol. The first-order valence-corrected chi connectivity index (χ1v) is 7.32. The van der Waals surface area contributed by atoms with Gasteiger partial charge in [-0.1, -0.05) is 0 Å². The SMILES string of the molecule is CCOCCCC(F)P(=O)(OCC)OCC. The van der Waals surface area contributed by atoms with Crippen LogP contribution in [0.4, 0.5) is 4.39 Å². The van der Waals surface area contributed by atoms with E-state index in [1.165, 1.54) is 0 Å². The third-order valence-corrected chi connectivity index (χ3v) is 4.08. The zero-order valence-electron chi connectivity index (χ0n) is 10.3. The Bertz CT molecular complexity index is 203. The quantitative estimate of drug-likeness (QED) is 0.444. The summed E-state index contributed by atoms with van der Waals surface area (Å²) < 4.78 is 40.5. The molecule has 0 aromatic heterocycles. The molecule has 0 N–H and O–H groups in total. The molecule has 4 nitrogen and oxygen atoms in total. The largest absolute Gasteiger partial charge is 0.382 e. The maximum Gasteiger partial charge on any atom is 0.364 e. The molecular formula is C10H22FO4P. The zero-order chi connectivity index (χ0) is 12.4. The third-order valence-electron chi connectivity index (χ3n) is 1.90. The van der Waals surface area contributed by atoms with Gasteiger partial charge >= 0.3 is 7.60 Å². The second-order valence-corrected chi connectivity index (χ2v) is 5.31. The van der Waals surface area contributed by atoms with Crippen molar-refractivity contribution >= 4 is 7.60 Å². The van der Waals surface area contributed by atoms with Crippen LogP contribution in [-0.4, -0.2) is 32.3 Å². The van der Waals surface area contributed by atoms with Crippen molar-refractivity contribution in [3.05, 3.63) is 0 Å². The van der Waals surface area contributed by atoms with Gasteiger partial charge in [0.25, 0.3) is 0 Å². The number of hydrogen-bond donors (Lipinski definition) is 0. The van der Waals surface area contributed by atoms with E-state index in [2.05, 4.69) is 0 Å². The van der Waals surface area contributed by atoms with Gasteiger partial charge in [-0.05, 0) is 33.6 Å². The van der Waals surface area contributed by atoms with Crippen molar-refractivity contribution in [3.8, 4) is 0 Å². The molecule has 0 spiro atoms. The van der Waals surface area contributed by atoms with E-state index < -0.39 is 13.5 Å². The number of hydrogen-bond acceptors (Lipinski definition) is 4. The smallest absolute Gasteiger partial charge is 0.364 e. The van der Waals surface area contributed by atoms with Crippen LogP contribution in [0.1, 0.15) is 33.6 Å². The molecule has 1 atom stereocenters. The molecular weight excluding hydrogens is 234 g/mol. The van der Waals surface area contributed by atoms with Crippen LogP contribution in [0.2, 0.25) is 0 Å². The Balaban J connectivity index is 4.06. The highest BCUT2D eigenvalue weighted by Gasteiger charge is 2.35. The van der Waals surface area contributed by atoms with Crippen molar-refractivity contribution in [2.75, 3.05) is 26.4 Å². The van der Waals surface area contributed by atoms with Crippen LogP contribution in [0.15, 0.2) is 0 Å². The first-order chi connectivity index (χ1) is 7.60. The number of alkyl halides is 1. The van der Waals surface area contributed by atoms with Gasteiger partial charge in [0.05, 0.1) is 13.2 Å². The monoisotopic (exact) mass is 256 g/mol. The van der Waals surface area contributed by atoms with Gasteiger partial charge < -0.3 is 13.8 Å². The summed E-state index contributed by atoms with van der Waals surface area (Å²) in [6, 6.07) is 0. The molecule has 6 heteroatoms. The van der Waals surface area contributed by atoms with E-state index in [4.69, 9.17) is 13.8 Å². The molecule has 0 aromatic rings. The summed E-state index contributed by atoms with van der Waals surface area (Å²) in [5, 5.41) is 0. The summed E-state index contributed by atoms with van der Waals surface area (Å²) in [5.74, 6) is -1.56. The van der Waals surface area contributed by atoms with E-state index >= 15 is 0 Å². The molecule has 98 valence electrons. The Kier molecular flexibility index (Phi) is 9.13. The van der Waals surface area contributed by atoms with Gasteiger partial charge in [0.1, 0.15) is 0 Å². The average molecular weight is 256 g/mol. The molecule has 0 saturated carbocycles. The summed E-state index contributed by atoms with van der Waals surface area (Å²) in [6.45, 7) is 6.64. The van der Waals surface area contributed by atoms with Crippen molar-refractivity contribution in [1.82, 2.24) is 0 Å². The van der Waals surface area contributed by atoms with Gasteiger partial charge in [-0.3, -0.25) is 4.57 Å². The van der Waals surface area contributed by atoms with Crippen LogP contribution in [0.5, 0.6) is 0 Å². The molecule has 0 radical (unpaired) electrons. The summed E-state index contributed by atoms with van der Waals surface area (Å²) in [7, 11) is -3.58. The molecule has 0 bridgehead atoms. The Morgan fingerprint density at radius 3 is 2.12 bits per heavy atom. The Hall–Kier alpha value is 0.0400. The fraction of sp³-hybridized carbons (Fsp3) is 1.00. The summed E-state index contributed by atoms with van der Waals surface area (Å²) >= 11 is 0. The van der Waals surface area contributed by atoms with Crippen molar-refractivity contribution in [1.29, 1.82) is 0 Å². The highest BCUT2D eigenvalue weighted by atomic mass is 31.2. The molecule has 0 aliphatic carbocycles. The maximum absolute atomic E-state index is 13.7. The van der Waals surface area contributed by atoms with Crippen molar-refractivity contribution in [3.63, 3.8) is 0 Å². The molecule has 0 heterocycles. The van der Waals surface area contributed by atoms with Crippen LogP contribution in [0.25, 0.3) is 0 Å². The lowest BCUT2D eigenvalue weighted by molar-refractivity contribution is 0.134. The minimum Gasteiger partial charge on any atom is -0.382 e. The number of ether oxygens (including phenoxy) is 1. The van der Waals surface area contributed by atoms with Crippen LogP contribution < -0.4 is 0 Å². The number of halogens is 1. The molecule has 0 fully saturated rings.